The Morgan fingerprint density at radius 3 is 2.60 bits per heavy atom. The second kappa shape index (κ2) is 4.79. The maximum absolute atomic E-state index is 9.56. The third kappa shape index (κ3) is 3.59. The topological polar surface area (TPSA) is 110 Å². The van der Waals surface area contributed by atoms with E-state index >= 15 is 0 Å². The average molecular weight is 211 g/mol. The van der Waals surface area contributed by atoms with Crippen LogP contribution in [0.15, 0.2) is 6.07 Å². The Hall–Kier alpha value is -1.56. The minimum absolute atomic E-state index is 0.122. The number of nitrogens with one attached hydrogen (secondary N) is 1. The molecular formula is C9H17N5O. The van der Waals surface area contributed by atoms with Gasteiger partial charge in [0.15, 0.2) is 0 Å². The highest BCUT2D eigenvalue weighted by atomic mass is 16.3. The Kier molecular flexibility index (Phi) is 3.68. The monoisotopic (exact) mass is 211 g/mol. The van der Waals surface area contributed by atoms with Crippen LogP contribution in [0.1, 0.15) is 13.8 Å². The van der Waals surface area contributed by atoms with E-state index in [2.05, 4.69) is 15.3 Å². The van der Waals surface area contributed by atoms with Gasteiger partial charge in [0, 0.05) is 12.6 Å². The van der Waals surface area contributed by atoms with Gasteiger partial charge in [-0.15, -0.1) is 0 Å². The first-order valence-corrected chi connectivity index (χ1v) is 4.81. The van der Waals surface area contributed by atoms with Crippen LogP contribution >= 0.6 is 0 Å². The highest BCUT2D eigenvalue weighted by Crippen LogP contribution is 2.10. The number of aliphatic hydroxyl groups excluding tert-OH is 1. The Balaban J connectivity index is 2.57. The summed E-state index contributed by atoms with van der Waals surface area (Å²) in [4.78, 5) is 7.67. The Morgan fingerprint density at radius 2 is 2.07 bits per heavy atom. The zero-order valence-corrected chi connectivity index (χ0v) is 8.94. The number of nitrogens with zero attached hydrogens (tertiary/aromatic N) is 2. The van der Waals surface area contributed by atoms with Crippen molar-refractivity contribution in [1.29, 1.82) is 0 Å². The standard InChI is InChI=1S/C9H17N5O/c1-5(2)6(15)4-12-8-3-7(10)13-9(11)14-8/h3,5-6,15H,4H2,1-2H3,(H5,10,11,12,13,14). The van der Waals surface area contributed by atoms with Crippen molar-refractivity contribution in [3.8, 4) is 0 Å². The lowest BCUT2D eigenvalue weighted by atomic mass is 10.1. The van der Waals surface area contributed by atoms with Gasteiger partial charge in [-0.1, -0.05) is 13.8 Å². The summed E-state index contributed by atoms with van der Waals surface area (Å²) in [6.07, 6.45) is -0.428. The Labute approximate surface area is 88.7 Å². The summed E-state index contributed by atoms with van der Waals surface area (Å²) < 4.78 is 0. The van der Waals surface area contributed by atoms with Crippen LogP contribution in [0.2, 0.25) is 0 Å². The minimum atomic E-state index is -0.428. The van der Waals surface area contributed by atoms with Crippen LogP contribution in [0.3, 0.4) is 0 Å². The molecule has 0 saturated carbocycles. The van der Waals surface area contributed by atoms with Gasteiger partial charge in [-0.25, -0.2) is 0 Å². The molecular weight excluding hydrogens is 194 g/mol. The van der Waals surface area contributed by atoms with Gasteiger partial charge in [-0.3, -0.25) is 0 Å². The lowest BCUT2D eigenvalue weighted by Crippen LogP contribution is -2.25. The van der Waals surface area contributed by atoms with Crippen LogP contribution in [0.4, 0.5) is 17.6 Å². The first kappa shape index (κ1) is 11.5. The van der Waals surface area contributed by atoms with Crippen LogP contribution < -0.4 is 16.8 Å². The van der Waals surface area contributed by atoms with Crippen LogP contribution in [-0.4, -0.2) is 27.7 Å². The van der Waals surface area contributed by atoms with Crippen molar-refractivity contribution in [2.45, 2.75) is 20.0 Å². The molecule has 1 atom stereocenters. The summed E-state index contributed by atoms with van der Waals surface area (Å²) in [5.41, 5.74) is 10.9. The van der Waals surface area contributed by atoms with Gasteiger partial charge < -0.3 is 21.9 Å². The van der Waals surface area contributed by atoms with Crippen molar-refractivity contribution < 1.29 is 5.11 Å². The van der Waals surface area contributed by atoms with Crippen molar-refractivity contribution >= 4 is 17.6 Å². The average Bonchev–Trinajstić information content (AvgIpc) is 2.12. The van der Waals surface area contributed by atoms with E-state index in [1.54, 1.807) is 6.07 Å². The fraction of sp³-hybridized carbons (Fsp3) is 0.556. The van der Waals surface area contributed by atoms with Crippen molar-refractivity contribution in [2.75, 3.05) is 23.3 Å². The van der Waals surface area contributed by atoms with Gasteiger partial charge in [-0.05, 0) is 5.92 Å². The molecule has 15 heavy (non-hydrogen) atoms. The molecule has 84 valence electrons. The van der Waals surface area contributed by atoms with E-state index in [-0.39, 0.29) is 11.9 Å². The third-order valence-electron chi connectivity index (χ3n) is 2.03. The first-order valence-electron chi connectivity index (χ1n) is 4.81. The second-order valence-electron chi connectivity index (χ2n) is 3.73. The van der Waals surface area contributed by atoms with Crippen LogP contribution in [0, 0.1) is 5.92 Å². The predicted octanol–water partition coefficient (Wildman–Crippen LogP) is 0.0698. The molecule has 6 nitrogen and oxygen atoms in total. The lowest BCUT2D eigenvalue weighted by molar-refractivity contribution is 0.138. The molecule has 1 heterocycles. The molecule has 1 unspecified atom stereocenters. The number of nitrogen functional groups attached to an aromatic ring is 2. The number of aliphatic hydroxyl groups is 1. The number of nitrogens with two attached hydrogens (primary N) is 2. The number of aromatic nitrogens is 2. The molecule has 6 N–H and O–H groups in total. The van der Waals surface area contributed by atoms with E-state index in [0.29, 0.717) is 18.2 Å². The lowest BCUT2D eigenvalue weighted by Gasteiger charge is -2.15. The SMILES string of the molecule is CC(C)C(O)CNc1cc(N)nc(N)n1. The van der Waals surface area contributed by atoms with E-state index in [1.165, 1.54) is 0 Å². The van der Waals surface area contributed by atoms with Crippen LogP contribution in [-0.2, 0) is 0 Å². The first-order chi connectivity index (χ1) is 6.99. The maximum atomic E-state index is 9.56. The van der Waals surface area contributed by atoms with Crippen LogP contribution in [0.25, 0.3) is 0 Å². The van der Waals surface area contributed by atoms with Crippen molar-refractivity contribution in [3.63, 3.8) is 0 Å². The summed E-state index contributed by atoms with van der Waals surface area (Å²) in [6, 6.07) is 1.57. The van der Waals surface area contributed by atoms with Gasteiger partial charge >= 0.3 is 0 Å². The highest BCUT2D eigenvalue weighted by molar-refractivity contribution is 5.48. The van der Waals surface area contributed by atoms with Crippen molar-refractivity contribution in [3.05, 3.63) is 6.07 Å². The van der Waals surface area contributed by atoms with E-state index in [0.717, 1.165) is 0 Å². The molecule has 0 amide bonds. The largest absolute Gasteiger partial charge is 0.391 e. The van der Waals surface area contributed by atoms with Gasteiger partial charge in [-0.2, -0.15) is 9.97 Å². The van der Waals surface area contributed by atoms with E-state index < -0.39 is 6.10 Å². The van der Waals surface area contributed by atoms with E-state index in [4.69, 9.17) is 11.5 Å². The molecule has 0 aliphatic carbocycles. The number of rotatable bonds is 4. The molecule has 0 aromatic carbocycles. The summed E-state index contributed by atoms with van der Waals surface area (Å²) >= 11 is 0. The Morgan fingerprint density at radius 1 is 1.40 bits per heavy atom. The molecule has 1 rings (SSSR count). The molecule has 0 bridgehead atoms. The summed E-state index contributed by atoms with van der Waals surface area (Å²) in [6.45, 7) is 4.29. The number of anilines is 3. The highest BCUT2D eigenvalue weighted by Gasteiger charge is 2.09. The van der Waals surface area contributed by atoms with Crippen molar-refractivity contribution in [2.24, 2.45) is 5.92 Å². The molecule has 0 saturated heterocycles. The van der Waals surface area contributed by atoms with E-state index in [9.17, 15) is 5.11 Å². The second-order valence-corrected chi connectivity index (χ2v) is 3.73. The predicted molar refractivity (Wildman–Crippen MR) is 60.2 cm³/mol. The number of hydrogen-bond acceptors (Lipinski definition) is 6. The summed E-state index contributed by atoms with van der Waals surface area (Å²) in [5, 5.41) is 12.5. The van der Waals surface area contributed by atoms with Gasteiger partial charge in [0.05, 0.1) is 6.10 Å². The van der Waals surface area contributed by atoms with Gasteiger partial charge in [0.25, 0.3) is 0 Å². The maximum Gasteiger partial charge on any atom is 0.223 e. The quantitative estimate of drug-likeness (QED) is 0.561. The smallest absolute Gasteiger partial charge is 0.223 e. The minimum Gasteiger partial charge on any atom is -0.391 e. The molecule has 1 aromatic heterocycles. The Bertz CT molecular complexity index is 308. The summed E-state index contributed by atoms with van der Waals surface area (Å²) in [5.74, 6) is 1.15. The molecule has 0 spiro atoms. The normalized spacial score (nSPS) is 12.8. The summed E-state index contributed by atoms with van der Waals surface area (Å²) in [7, 11) is 0. The molecule has 0 aliphatic rings. The molecule has 0 aliphatic heterocycles. The molecule has 1 aromatic rings. The fourth-order valence-electron chi connectivity index (χ4n) is 1.02. The molecule has 0 fully saturated rings. The van der Waals surface area contributed by atoms with Gasteiger partial charge in [0.2, 0.25) is 5.95 Å². The third-order valence-corrected chi connectivity index (χ3v) is 2.03. The van der Waals surface area contributed by atoms with Crippen LogP contribution in [0.5, 0.6) is 0 Å². The van der Waals surface area contributed by atoms with Gasteiger partial charge in [0.1, 0.15) is 11.6 Å². The zero-order chi connectivity index (χ0) is 11.4. The van der Waals surface area contributed by atoms with E-state index in [1.807, 2.05) is 13.8 Å². The number of hydrogen-bond donors (Lipinski definition) is 4. The fourth-order valence-corrected chi connectivity index (χ4v) is 1.02. The molecule has 0 radical (unpaired) electrons. The molecule has 6 heteroatoms. The van der Waals surface area contributed by atoms with Crippen molar-refractivity contribution in [1.82, 2.24) is 9.97 Å². The zero-order valence-electron chi connectivity index (χ0n) is 8.94.